The van der Waals surface area contributed by atoms with E-state index in [1.807, 2.05) is 79.4 Å². The first-order valence-corrected chi connectivity index (χ1v) is 10.5. The van der Waals surface area contributed by atoms with Crippen LogP contribution in [0.15, 0.2) is 66.9 Å². The van der Waals surface area contributed by atoms with Crippen molar-refractivity contribution in [3.63, 3.8) is 0 Å². The standard InChI is InChI=1S/C25H26N4O2/c1-18-7-9-20(10-8-18)25(31)29-15-13-28(14-16-29)23-12-11-21(17-26-23)27-24(30)22-6-4-3-5-19(22)2/h3-12,17H,13-16H2,1-2H3,(H,27,30). The van der Waals surface area contributed by atoms with Gasteiger partial charge in [-0.3, -0.25) is 9.59 Å². The number of pyridine rings is 1. The van der Waals surface area contributed by atoms with Crippen LogP contribution in [0.5, 0.6) is 0 Å². The van der Waals surface area contributed by atoms with Crippen molar-refractivity contribution in [2.75, 3.05) is 36.4 Å². The smallest absolute Gasteiger partial charge is 0.255 e. The molecular formula is C25H26N4O2. The van der Waals surface area contributed by atoms with E-state index < -0.39 is 0 Å². The van der Waals surface area contributed by atoms with Crippen LogP contribution in [0, 0.1) is 13.8 Å². The highest BCUT2D eigenvalue weighted by atomic mass is 16.2. The molecule has 2 heterocycles. The lowest BCUT2D eigenvalue weighted by Gasteiger charge is -2.35. The molecule has 1 aliphatic rings. The maximum atomic E-state index is 12.7. The summed E-state index contributed by atoms with van der Waals surface area (Å²) in [6.45, 7) is 6.68. The highest BCUT2D eigenvalue weighted by molar-refractivity contribution is 6.05. The summed E-state index contributed by atoms with van der Waals surface area (Å²) < 4.78 is 0. The molecule has 3 aromatic rings. The third kappa shape index (κ3) is 4.74. The van der Waals surface area contributed by atoms with Crippen molar-refractivity contribution in [2.24, 2.45) is 0 Å². The average molecular weight is 415 g/mol. The van der Waals surface area contributed by atoms with Crippen molar-refractivity contribution in [3.05, 3.63) is 89.1 Å². The van der Waals surface area contributed by atoms with E-state index in [9.17, 15) is 9.59 Å². The molecule has 0 bridgehead atoms. The number of rotatable bonds is 4. The lowest BCUT2D eigenvalue weighted by Crippen LogP contribution is -2.49. The van der Waals surface area contributed by atoms with Crippen LogP contribution in [0.2, 0.25) is 0 Å². The molecule has 6 nitrogen and oxygen atoms in total. The summed E-state index contributed by atoms with van der Waals surface area (Å²) in [5.41, 5.74) is 4.12. The lowest BCUT2D eigenvalue weighted by molar-refractivity contribution is 0.0746. The summed E-state index contributed by atoms with van der Waals surface area (Å²) in [6.07, 6.45) is 1.68. The molecule has 1 N–H and O–H groups in total. The Morgan fingerprint density at radius 2 is 1.58 bits per heavy atom. The zero-order valence-electron chi connectivity index (χ0n) is 17.8. The number of amides is 2. The Hall–Kier alpha value is -3.67. The monoisotopic (exact) mass is 414 g/mol. The first-order valence-electron chi connectivity index (χ1n) is 10.5. The summed E-state index contributed by atoms with van der Waals surface area (Å²) in [5, 5.41) is 2.90. The molecule has 158 valence electrons. The molecular weight excluding hydrogens is 388 g/mol. The number of aromatic nitrogens is 1. The third-order valence-corrected chi connectivity index (χ3v) is 5.58. The Morgan fingerprint density at radius 1 is 0.871 bits per heavy atom. The summed E-state index contributed by atoms with van der Waals surface area (Å²) in [6, 6.07) is 19.0. The number of nitrogens with one attached hydrogen (secondary N) is 1. The number of hydrogen-bond acceptors (Lipinski definition) is 4. The summed E-state index contributed by atoms with van der Waals surface area (Å²) in [4.78, 5) is 33.7. The number of carbonyl (C=O) groups excluding carboxylic acids is 2. The maximum Gasteiger partial charge on any atom is 0.255 e. The Labute approximate surface area is 182 Å². The van der Waals surface area contributed by atoms with E-state index in [0.29, 0.717) is 24.3 Å². The van der Waals surface area contributed by atoms with Gasteiger partial charge in [0.05, 0.1) is 11.9 Å². The molecule has 0 atom stereocenters. The molecule has 1 aliphatic heterocycles. The number of carbonyl (C=O) groups is 2. The topological polar surface area (TPSA) is 65.5 Å². The zero-order valence-corrected chi connectivity index (χ0v) is 17.8. The molecule has 0 unspecified atom stereocenters. The fraction of sp³-hybridized carbons (Fsp3) is 0.240. The van der Waals surface area contributed by atoms with Crippen molar-refractivity contribution < 1.29 is 9.59 Å². The number of piperazine rings is 1. The van der Waals surface area contributed by atoms with Gasteiger partial charge in [-0.2, -0.15) is 0 Å². The minimum atomic E-state index is -0.143. The van der Waals surface area contributed by atoms with Gasteiger partial charge in [-0.1, -0.05) is 35.9 Å². The Balaban J connectivity index is 1.34. The minimum absolute atomic E-state index is 0.0712. The highest BCUT2D eigenvalue weighted by Gasteiger charge is 2.22. The van der Waals surface area contributed by atoms with Crippen LogP contribution >= 0.6 is 0 Å². The number of nitrogens with zero attached hydrogens (tertiary/aromatic N) is 3. The molecule has 1 fully saturated rings. The van der Waals surface area contributed by atoms with Crippen LogP contribution in [-0.4, -0.2) is 47.9 Å². The second-order valence-electron chi connectivity index (χ2n) is 7.82. The van der Waals surface area contributed by atoms with Gasteiger partial charge in [0.25, 0.3) is 11.8 Å². The van der Waals surface area contributed by atoms with Gasteiger partial charge in [0.15, 0.2) is 0 Å². The predicted molar refractivity (Wildman–Crippen MR) is 123 cm³/mol. The van der Waals surface area contributed by atoms with E-state index in [0.717, 1.165) is 35.6 Å². The zero-order chi connectivity index (χ0) is 21.8. The lowest BCUT2D eigenvalue weighted by atomic mass is 10.1. The van der Waals surface area contributed by atoms with Gasteiger partial charge in [0.1, 0.15) is 5.82 Å². The highest BCUT2D eigenvalue weighted by Crippen LogP contribution is 2.18. The van der Waals surface area contributed by atoms with Gasteiger partial charge in [0.2, 0.25) is 0 Å². The van der Waals surface area contributed by atoms with Crippen molar-refractivity contribution in [3.8, 4) is 0 Å². The fourth-order valence-electron chi connectivity index (χ4n) is 3.69. The van der Waals surface area contributed by atoms with Gasteiger partial charge in [-0.05, 0) is 49.7 Å². The van der Waals surface area contributed by atoms with Crippen LogP contribution < -0.4 is 10.2 Å². The SMILES string of the molecule is Cc1ccc(C(=O)N2CCN(c3ccc(NC(=O)c4ccccc4C)cn3)CC2)cc1. The largest absolute Gasteiger partial charge is 0.353 e. The van der Waals surface area contributed by atoms with Crippen LogP contribution in [0.4, 0.5) is 11.5 Å². The van der Waals surface area contributed by atoms with E-state index in [1.54, 1.807) is 6.20 Å². The first-order chi connectivity index (χ1) is 15.0. The van der Waals surface area contributed by atoms with Gasteiger partial charge in [-0.25, -0.2) is 4.98 Å². The van der Waals surface area contributed by atoms with Gasteiger partial charge in [-0.15, -0.1) is 0 Å². The van der Waals surface area contributed by atoms with Crippen LogP contribution in [0.3, 0.4) is 0 Å². The normalized spacial score (nSPS) is 13.7. The molecule has 1 aromatic heterocycles. The van der Waals surface area contributed by atoms with Crippen molar-refractivity contribution >= 4 is 23.3 Å². The Bertz CT molecular complexity index is 1070. The molecule has 31 heavy (non-hydrogen) atoms. The van der Waals surface area contributed by atoms with E-state index in [4.69, 9.17) is 0 Å². The second kappa shape index (κ2) is 9.00. The van der Waals surface area contributed by atoms with Crippen molar-refractivity contribution in [2.45, 2.75) is 13.8 Å². The molecule has 0 saturated carbocycles. The summed E-state index contributed by atoms with van der Waals surface area (Å²) >= 11 is 0. The predicted octanol–water partition coefficient (Wildman–Crippen LogP) is 3.91. The molecule has 6 heteroatoms. The number of benzene rings is 2. The van der Waals surface area contributed by atoms with E-state index in [1.165, 1.54) is 0 Å². The number of hydrogen-bond donors (Lipinski definition) is 1. The molecule has 2 aromatic carbocycles. The fourth-order valence-corrected chi connectivity index (χ4v) is 3.69. The number of anilines is 2. The van der Waals surface area contributed by atoms with Crippen molar-refractivity contribution in [1.82, 2.24) is 9.88 Å². The van der Waals surface area contributed by atoms with Gasteiger partial charge >= 0.3 is 0 Å². The van der Waals surface area contributed by atoms with E-state index in [-0.39, 0.29) is 11.8 Å². The second-order valence-corrected chi connectivity index (χ2v) is 7.82. The molecule has 0 aliphatic carbocycles. The van der Waals surface area contributed by atoms with Crippen LogP contribution in [-0.2, 0) is 0 Å². The minimum Gasteiger partial charge on any atom is -0.353 e. The van der Waals surface area contributed by atoms with Gasteiger partial charge in [0, 0.05) is 37.3 Å². The summed E-state index contributed by atoms with van der Waals surface area (Å²) in [7, 11) is 0. The van der Waals surface area contributed by atoms with Crippen LogP contribution in [0.1, 0.15) is 31.8 Å². The Kier molecular flexibility index (Phi) is 5.98. The molecule has 2 amide bonds. The third-order valence-electron chi connectivity index (χ3n) is 5.58. The van der Waals surface area contributed by atoms with Crippen molar-refractivity contribution in [1.29, 1.82) is 0 Å². The van der Waals surface area contributed by atoms with Crippen LogP contribution in [0.25, 0.3) is 0 Å². The first kappa shape index (κ1) is 20.6. The number of aryl methyl sites for hydroxylation is 2. The molecule has 0 radical (unpaired) electrons. The molecule has 0 spiro atoms. The van der Waals surface area contributed by atoms with E-state index >= 15 is 0 Å². The maximum absolute atomic E-state index is 12.7. The summed E-state index contributed by atoms with van der Waals surface area (Å²) in [5.74, 6) is 0.772. The average Bonchev–Trinajstić information content (AvgIpc) is 2.80. The molecule has 1 saturated heterocycles. The van der Waals surface area contributed by atoms with Gasteiger partial charge < -0.3 is 15.1 Å². The molecule has 4 rings (SSSR count). The quantitative estimate of drug-likeness (QED) is 0.703. The Morgan fingerprint density at radius 3 is 2.23 bits per heavy atom. The van der Waals surface area contributed by atoms with E-state index in [2.05, 4.69) is 15.2 Å².